The Labute approximate surface area is 250 Å². The number of ether oxygens (including phenoxy) is 1. The Bertz CT molecular complexity index is 2180. The molecule has 43 heavy (non-hydrogen) atoms. The molecule has 4 aromatic heterocycles. The van der Waals surface area contributed by atoms with Crippen molar-refractivity contribution < 1.29 is 9.84 Å². The van der Waals surface area contributed by atoms with E-state index in [1.807, 2.05) is 42.7 Å². The molecule has 0 saturated carbocycles. The molecule has 0 aliphatic carbocycles. The number of hydrogen-bond donors (Lipinski definition) is 1. The van der Waals surface area contributed by atoms with E-state index in [9.17, 15) is 5.11 Å². The maximum atomic E-state index is 10.7. The smallest absolute Gasteiger partial charge is 0.330 e. The average Bonchev–Trinajstić information content (AvgIpc) is 3.66. The topological polar surface area (TPSA) is 65.1 Å². The zero-order valence-electron chi connectivity index (χ0n) is 24.2. The lowest BCUT2D eigenvalue weighted by atomic mass is 9.52. The minimum absolute atomic E-state index is 0.00221. The van der Waals surface area contributed by atoms with E-state index >= 15 is 0 Å². The van der Waals surface area contributed by atoms with Gasteiger partial charge in [-0.3, -0.25) is 4.57 Å². The molecule has 1 N–H and O–H groups in total. The Balaban J connectivity index is 1.23. The molecule has 7 aromatic rings. The zero-order chi connectivity index (χ0) is 29.3. The minimum Gasteiger partial charge on any atom is -0.506 e. The van der Waals surface area contributed by atoms with Crippen LogP contribution in [0.15, 0.2) is 116 Å². The molecule has 0 saturated heterocycles. The molecule has 8 rings (SSSR count). The molecule has 0 radical (unpaired) electrons. The first-order chi connectivity index (χ1) is 20.9. The maximum Gasteiger partial charge on any atom is 0.330 e. The molecule has 0 bridgehead atoms. The van der Waals surface area contributed by atoms with Gasteiger partial charge in [-0.25, -0.2) is 9.97 Å². The highest BCUT2D eigenvalue weighted by Crippen LogP contribution is 2.37. The van der Waals surface area contributed by atoms with Crippen molar-refractivity contribution in [2.75, 3.05) is 0 Å². The number of nitrogens with zero attached hydrogens (tertiary/aromatic N) is 4. The lowest BCUT2D eigenvalue weighted by Gasteiger charge is -2.20. The third-order valence-corrected chi connectivity index (χ3v) is 8.42. The van der Waals surface area contributed by atoms with Crippen LogP contribution in [0.3, 0.4) is 0 Å². The first kappa shape index (κ1) is 25.4. The fourth-order valence-electron chi connectivity index (χ4n) is 6.33. The van der Waals surface area contributed by atoms with Gasteiger partial charge < -0.3 is 14.3 Å². The summed E-state index contributed by atoms with van der Waals surface area (Å²) >= 11 is 0. The van der Waals surface area contributed by atoms with E-state index in [1.54, 1.807) is 6.07 Å². The number of pyridine rings is 2. The van der Waals surface area contributed by atoms with Crippen molar-refractivity contribution in [1.29, 1.82) is 0 Å². The third kappa shape index (κ3) is 4.03. The Hall–Kier alpha value is -5.30. The van der Waals surface area contributed by atoms with Crippen molar-refractivity contribution in [3.05, 3.63) is 121 Å². The zero-order valence-corrected chi connectivity index (χ0v) is 24.2. The van der Waals surface area contributed by atoms with Crippen molar-refractivity contribution in [3.63, 3.8) is 0 Å². The summed E-state index contributed by atoms with van der Waals surface area (Å²) < 4.78 is 10.7. The van der Waals surface area contributed by atoms with E-state index in [1.165, 1.54) is 5.56 Å². The summed E-state index contributed by atoms with van der Waals surface area (Å²) in [6.45, 7) is 6.59. The summed E-state index contributed by atoms with van der Waals surface area (Å²) in [6.07, 6.45) is 3.80. The fourth-order valence-corrected chi connectivity index (χ4v) is 6.33. The van der Waals surface area contributed by atoms with Gasteiger partial charge in [-0.15, -0.1) is 0 Å². The second-order valence-electron chi connectivity index (χ2n) is 12.1. The van der Waals surface area contributed by atoms with Crippen LogP contribution in [-0.4, -0.2) is 31.0 Å². The quantitative estimate of drug-likeness (QED) is 0.241. The highest BCUT2D eigenvalue weighted by Gasteiger charge is 2.36. The van der Waals surface area contributed by atoms with Crippen LogP contribution < -0.4 is 15.7 Å². The molecule has 5 heterocycles. The predicted octanol–water partition coefficient (Wildman–Crippen LogP) is 6.81. The van der Waals surface area contributed by atoms with Gasteiger partial charge in [0, 0.05) is 29.1 Å². The third-order valence-electron chi connectivity index (χ3n) is 8.42. The molecular formula is C36H29BN4O2. The lowest BCUT2D eigenvalue weighted by molar-refractivity contribution is 0.463. The monoisotopic (exact) mass is 560 g/mol. The molecule has 3 aromatic carbocycles. The van der Waals surface area contributed by atoms with Crippen molar-refractivity contribution in [3.8, 4) is 34.6 Å². The number of aromatic hydroxyl groups is 1. The Kier molecular flexibility index (Phi) is 5.53. The molecule has 0 spiro atoms. The normalized spacial score (nSPS) is 12.6. The summed E-state index contributed by atoms with van der Waals surface area (Å²) in [6, 6.07) is 34.8. The maximum absolute atomic E-state index is 10.7. The fraction of sp³-hybridized carbons (Fsp3) is 0.111. The standard InChI is InChI=1S/C36H29BN4O2/c1-36(2,3)23-17-19-38-32(21-23)41-29-12-8-7-11-26(29)27-14-13-25(22-30(27)41)43-33-16-15-28-34(39-33)35-31(42)18-20-40(35)37(28)24-9-5-4-6-10-24/h4-22,42H,1-3H3. The summed E-state index contributed by atoms with van der Waals surface area (Å²) in [5, 5.41) is 13.0. The number of para-hydroxylation sites is 1. The van der Waals surface area contributed by atoms with Crippen molar-refractivity contribution in [1.82, 2.24) is 19.0 Å². The average molecular weight is 560 g/mol. The SMILES string of the molecule is CC(C)(C)c1ccnc(-n2c3ccccc3c3ccc(Oc4ccc5c(n4)-c4c(O)ccn4B5c4ccccc4)cc32)c1. The molecular weight excluding hydrogens is 531 g/mol. The number of fused-ring (bicyclic) bond motifs is 6. The number of aromatic nitrogens is 4. The van der Waals surface area contributed by atoms with Gasteiger partial charge in [0.05, 0.1) is 22.4 Å². The minimum atomic E-state index is -0.0583. The second-order valence-corrected chi connectivity index (χ2v) is 12.1. The molecule has 208 valence electrons. The van der Waals surface area contributed by atoms with Crippen LogP contribution in [0, 0.1) is 0 Å². The van der Waals surface area contributed by atoms with Crippen molar-refractivity contribution >= 4 is 39.6 Å². The van der Waals surface area contributed by atoms with Gasteiger partial charge in [-0.05, 0) is 59.0 Å². The predicted molar refractivity (Wildman–Crippen MR) is 174 cm³/mol. The van der Waals surface area contributed by atoms with Gasteiger partial charge >= 0.3 is 6.85 Å². The summed E-state index contributed by atoms with van der Waals surface area (Å²) in [5.41, 5.74) is 6.92. The van der Waals surface area contributed by atoms with Gasteiger partial charge in [-0.1, -0.05) is 80.8 Å². The van der Waals surface area contributed by atoms with E-state index in [0.717, 1.165) is 44.2 Å². The Morgan fingerprint density at radius 2 is 1.58 bits per heavy atom. The molecule has 0 atom stereocenters. The first-order valence-corrected chi connectivity index (χ1v) is 14.5. The van der Waals surface area contributed by atoms with Gasteiger partial charge in [0.15, 0.2) is 0 Å². The Morgan fingerprint density at radius 3 is 2.42 bits per heavy atom. The Morgan fingerprint density at radius 1 is 0.791 bits per heavy atom. The summed E-state index contributed by atoms with van der Waals surface area (Å²) in [7, 11) is 0. The number of benzene rings is 3. The summed E-state index contributed by atoms with van der Waals surface area (Å²) in [5.74, 6) is 2.22. The van der Waals surface area contributed by atoms with Crippen LogP contribution in [0.1, 0.15) is 26.3 Å². The van der Waals surface area contributed by atoms with Crippen LogP contribution in [0.5, 0.6) is 17.4 Å². The van der Waals surface area contributed by atoms with E-state index in [0.29, 0.717) is 17.3 Å². The van der Waals surface area contributed by atoms with E-state index in [2.05, 4.69) is 96.5 Å². The highest BCUT2D eigenvalue weighted by molar-refractivity contribution is 6.86. The summed E-state index contributed by atoms with van der Waals surface area (Å²) in [4.78, 5) is 9.71. The van der Waals surface area contributed by atoms with Crippen LogP contribution in [0.25, 0.3) is 39.0 Å². The van der Waals surface area contributed by atoms with Gasteiger partial charge in [0.2, 0.25) is 5.88 Å². The van der Waals surface area contributed by atoms with E-state index in [4.69, 9.17) is 14.7 Å². The van der Waals surface area contributed by atoms with Gasteiger partial charge in [0.25, 0.3) is 0 Å². The molecule has 0 fully saturated rings. The molecule has 0 amide bonds. The largest absolute Gasteiger partial charge is 0.506 e. The number of hydrogen-bond acceptors (Lipinski definition) is 4. The van der Waals surface area contributed by atoms with Crippen molar-refractivity contribution in [2.45, 2.75) is 26.2 Å². The van der Waals surface area contributed by atoms with Crippen LogP contribution >= 0.6 is 0 Å². The van der Waals surface area contributed by atoms with Gasteiger partial charge in [-0.2, -0.15) is 0 Å². The van der Waals surface area contributed by atoms with Crippen LogP contribution in [0.2, 0.25) is 0 Å². The molecule has 1 aliphatic heterocycles. The lowest BCUT2D eigenvalue weighted by Crippen LogP contribution is -2.45. The second kappa shape index (κ2) is 9.36. The van der Waals surface area contributed by atoms with Crippen LogP contribution in [-0.2, 0) is 5.41 Å². The van der Waals surface area contributed by atoms with E-state index < -0.39 is 0 Å². The molecule has 7 heteroatoms. The molecule has 6 nitrogen and oxygen atoms in total. The van der Waals surface area contributed by atoms with E-state index in [-0.39, 0.29) is 18.0 Å². The van der Waals surface area contributed by atoms with Gasteiger partial charge in [0.1, 0.15) is 17.3 Å². The number of rotatable bonds is 4. The molecule has 0 unspecified atom stereocenters. The molecule has 1 aliphatic rings. The van der Waals surface area contributed by atoms with Crippen molar-refractivity contribution in [2.24, 2.45) is 0 Å². The first-order valence-electron chi connectivity index (χ1n) is 14.5. The highest BCUT2D eigenvalue weighted by atomic mass is 16.5. The van der Waals surface area contributed by atoms with Crippen LogP contribution in [0.4, 0.5) is 0 Å².